The van der Waals surface area contributed by atoms with Crippen molar-refractivity contribution in [3.8, 4) is 0 Å². The number of allylic oxidation sites excluding steroid dienone is 2. The normalized spacial score (nSPS) is 19.1. The third-order valence-electron chi connectivity index (χ3n) is 3.38. The van der Waals surface area contributed by atoms with E-state index in [4.69, 9.17) is 0 Å². The number of aromatic nitrogens is 1. The smallest absolute Gasteiger partial charge is 0.0658 e. The molecule has 0 aliphatic heterocycles. The highest BCUT2D eigenvalue weighted by Crippen LogP contribution is 2.37. The van der Waals surface area contributed by atoms with Crippen molar-refractivity contribution < 1.29 is 0 Å². The van der Waals surface area contributed by atoms with E-state index in [1.165, 1.54) is 11.1 Å². The fourth-order valence-corrected chi connectivity index (χ4v) is 2.46. The van der Waals surface area contributed by atoms with Gasteiger partial charge in [0.2, 0.25) is 0 Å². The second-order valence-electron chi connectivity index (χ2n) is 4.49. The van der Waals surface area contributed by atoms with Crippen molar-refractivity contribution in [1.82, 2.24) is 4.98 Å². The summed E-state index contributed by atoms with van der Waals surface area (Å²) < 4.78 is 0. The van der Waals surface area contributed by atoms with Crippen LogP contribution in [-0.2, 0) is 0 Å². The Balaban J connectivity index is 1.78. The van der Waals surface area contributed by atoms with Gasteiger partial charge in [0.25, 0.3) is 0 Å². The quantitative estimate of drug-likeness (QED) is 0.745. The maximum atomic E-state index is 4.42. The predicted octanol–water partition coefficient (Wildman–Crippen LogP) is 4.04. The highest BCUT2D eigenvalue weighted by Gasteiger charge is 2.19. The van der Waals surface area contributed by atoms with E-state index in [0.29, 0.717) is 5.92 Å². The minimum Gasteiger partial charge on any atom is -0.257 e. The Bertz CT molecular complexity index is 514. The Morgan fingerprint density at radius 2 is 1.76 bits per heavy atom. The highest BCUT2D eigenvalue weighted by atomic mass is 14.7. The van der Waals surface area contributed by atoms with Gasteiger partial charge in [0.15, 0.2) is 0 Å². The lowest BCUT2D eigenvalue weighted by atomic mass is 9.95. The Labute approximate surface area is 102 Å². The van der Waals surface area contributed by atoms with Crippen LogP contribution in [0.5, 0.6) is 0 Å². The molecule has 1 aliphatic carbocycles. The summed E-state index contributed by atoms with van der Waals surface area (Å²) in [5, 5.41) is 0. The van der Waals surface area contributed by atoms with Gasteiger partial charge in [-0.3, -0.25) is 4.98 Å². The number of nitrogens with zero attached hydrogens (tertiary/aromatic N) is 1. The van der Waals surface area contributed by atoms with Crippen LogP contribution in [0.3, 0.4) is 0 Å². The first-order valence-corrected chi connectivity index (χ1v) is 6.09. The third kappa shape index (κ3) is 2.14. The van der Waals surface area contributed by atoms with E-state index in [-0.39, 0.29) is 0 Å². The molecule has 0 radical (unpaired) electrons. The van der Waals surface area contributed by atoms with Crippen molar-refractivity contribution in [3.05, 3.63) is 72.1 Å². The molecule has 0 N–H and O–H groups in total. The summed E-state index contributed by atoms with van der Waals surface area (Å²) >= 11 is 0. The summed E-state index contributed by atoms with van der Waals surface area (Å²) in [7, 11) is 0. The van der Waals surface area contributed by atoms with Crippen molar-refractivity contribution in [3.63, 3.8) is 0 Å². The molecule has 1 heteroatoms. The standard InChI is InChI=1S/C16H15N/c1-2-6-13(7-3-1)14-9-10-15(12-14)16-8-4-5-11-17-16/h1-8,10-11,14H,9,12H2. The zero-order valence-corrected chi connectivity index (χ0v) is 9.71. The summed E-state index contributed by atoms with van der Waals surface area (Å²) in [4.78, 5) is 4.42. The van der Waals surface area contributed by atoms with Crippen molar-refractivity contribution in [2.75, 3.05) is 0 Å². The van der Waals surface area contributed by atoms with Gasteiger partial charge >= 0.3 is 0 Å². The lowest BCUT2D eigenvalue weighted by Gasteiger charge is -2.10. The van der Waals surface area contributed by atoms with Gasteiger partial charge in [0.05, 0.1) is 5.69 Å². The number of rotatable bonds is 2. The molecule has 0 amide bonds. The third-order valence-corrected chi connectivity index (χ3v) is 3.38. The van der Waals surface area contributed by atoms with E-state index >= 15 is 0 Å². The number of pyridine rings is 1. The maximum Gasteiger partial charge on any atom is 0.0658 e. The van der Waals surface area contributed by atoms with Gasteiger partial charge in [-0.1, -0.05) is 42.5 Å². The number of hydrogen-bond acceptors (Lipinski definition) is 1. The van der Waals surface area contributed by atoms with Gasteiger partial charge in [-0.25, -0.2) is 0 Å². The van der Waals surface area contributed by atoms with Crippen LogP contribution in [-0.4, -0.2) is 4.98 Å². The van der Waals surface area contributed by atoms with E-state index in [9.17, 15) is 0 Å². The molecule has 1 atom stereocenters. The molecular formula is C16H15N. The molecule has 0 spiro atoms. The Kier molecular flexibility index (Phi) is 2.74. The molecule has 2 aromatic rings. The van der Waals surface area contributed by atoms with Crippen LogP contribution in [0, 0.1) is 0 Å². The van der Waals surface area contributed by atoms with E-state index < -0.39 is 0 Å². The van der Waals surface area contributed by atoms with E-state index in [1.54, 1.807) is 0 Å². The average Bonchev–Trinajstić information content (AvgIpc) is 2.90. The molecule has 17 heavy (non-hydrogen) atoms. The minimum absolute atomic E-state index is 0.633. The minimum atomic E-state index is 0.633. The largest absolute Gasteiger partial charge is 0.257 e. The zero-order valence-electron chi connectivity index (χ0n) is 9.71. The Morgan fingerprint density at radius 3 is 2.53 bits per heavy atom. The summed E-state index contributed by atoms with van der Waals surface area (Å²) in [6, 6.07) is 16.9. The predicted molar refractivity (Wildman–Crippen MR) is 70.6 cm³/mol. The Hall–Kier alpha value is -1.89. The fraction of sp³-hybridized carbons (Fsp3) is 0.188. The maximum absolute atomic E-state index is 4.42. The Morgan fingerprint density at radius 1 is 0.941 bits per heavy atom. The topological polar surface area (TPSA) is 12.9 Å². The molecule has 0 saturated carbocycles. The molecule has 3 rings (SSSR count). The van der Waals surface area contributed by atoms with Crippen LogP contribution in [0.1, 0.15) is 30.0 Å². The van der Waals surface area contributed by atoms with Crippen molar-refractivity contribution in [2.24, 2.45) is 0 Å². The van der Waals surface area contributed by atoms with Gasteiger partial charge < -0.3 is 0 Å². The average molecular weight is 221 g/mol. The van der Waals surface area contributed by atoms with Crippen molar-refractivity contribution >= 4 is 5.57 Å². The van der Waals surface area contributed by atoms with Gasteiger partial charge in [0.1, 0.15) is 0 Å². The van der Waals surface area contributed by atoms with Gasteiger partial charge in [0, 0.05) is 6.20 Å². The van der Waals surface area contributed by atoms with Crippen LogP contribution in [0.2, 0.25) is 0 Å². The second kappa shape index (κ2) is 4.54. The first kappa shape index (κ1) is 10.3. The van der Waals surface area contributed by atoms with Gasteiger partial charge in [-0.05, 0) is 42.0 Å². The monoisotopic (exact) mass is 221 g/mol. The van der Waals surface area contributed by atoms with Crippen LogP contribution in [0.4, 0.5) is 0 Å². The SMILES string of the molecule is C1=C(c2ccccn2)CC(c2ccccc2)C1. The molecule has 0 fully saturated rings. The molecule has 1 aromatic heterocycles. The molecule has 1 heterocycles. The van der Waals surface area contributed by atoms with Crippen molar-refractivity contribution in [1.29, 1.82) is 0 Å². The first-order chi connectivity index (χ1) is 8.43. The molecule has 1 nitrogen and oxygen atoms in total. The van der Waals surface area contributed by atoms with Gasteiger partial charge in [-0.2, -0.15) is 0 Å². The molecule has 0 saturated heterocycles. The highest BCUT2D eigenvalue weighted by molar-refractivity contribution is 5.65. The lowest BCUT2D eigenvalue weighted by Crippen LogP contribution is -1.93. The number of benzene rings is 1. The molecule has 1 unspecified atom stereocenters. The molecule has 1 aromatic carbocycles. The van der Waals surface area contributed by atoms with E-state index in [1.807, 2.05) is 12.3 Å². The second-order valence-corrected chi connectivity index (χ2v) is 4.49. The lowest BCUT2D eigenvalue weighted by molar-refractivity contribution is 0.758. The summed E-state index contributed by atoms with van der Waals surface area (Å²) in [6.45, 7) is 0. The van der Waals surface area contributed by atoms with Crippen LogP contribution in [0.15, 0.2) is 60.8 Å². The fourth-order valence-electron chi connectivity index (χ4n) is 2.46. The molecule has 1 aliphatic rings. The van der Waals surface area contributed by atoms with Crippen molar-refractivity contribution in [2.45, 2.75) is 18.8 Å². The van der Waals surface area contributed by atoms with Gasteiger partial charge in [-0.15, -0.1) is 0 Å². The van der Waals surface area contributed by atoms with Crippen LogP contribution < -0.4 is 0 Å². The summed E-state index contributed by atoms with van der Waals surface area (Å²) in [5.74, 6) is 0.633. The first-order valence-electron chi connectivity index (χ1n) is 6.09. The summed E-state index contributed by atoms with van der Waals surface area (Å²) in [6.07, 6.45) is 6.45. The molecule has 84 valence electrons. The zero-order chi connectivity index (χ0) is 11.5. The molecular weight excluding hydrogens is 206 g/mol. The molecule has 0 bridgehead atoms. The van der Waals surface area contributed by atoms with Crippen LogP contribution >= 0.6 is 0 Å². The summed E-state index contributed by atoms with van der Waals surface area (Å²) in [5.41, 5.74) is 3.96. The number of hydrogen-bond donors (Lipinski definition) is 0. The van der Waals surface area contributed by atoms with E-state index in [0.717, 1.165) is 18.5 Å². The van der Waals surface area contributed by atoms with E-state index in [2.05, 4.69) is 53.5 Å². The van der Waals surface area contributed by atoms with Crippen LogP contribution in [0.25, 0.3) is 5.57 Å².